The Hall–Kier alpha value is -1.03. The topological polar surface area (TPSA) is 38.3 Å². The van der Waals surface area contributed by atoms with Crippen molar-refractivity contribution in [2.24, 2.45) is 11.8 Å². The number of nitrogens with zero attached hydrogens (tertiary/aromatic N) is 3. The molecule has 88 valence electrons. The van der Waals surface area contributed by atoms with Crippen LogP contribution >= 0.6 is 11.6 Å². The molecule has 2 rings (SSSR count). The zero-order valence-electron chi connectivity index (χ0n) is 9.77. The Labute approximate surface area is 101 Å². The molecule has 16 heavy (non-hydrogen) atoms. The van der Waals surface area contributed by atoms with Crippen LogP contribution in [-0.2, 0) is 0 Å². The van der Waals surface area contributed by atoms with E-state index in [2.05, 4.69) is 28.7 Å². The normalized spacial score (nSPS) is 24.9. The first-order chi connectivity index (χ1) is 7.63. The predicted octanol–water partition coefficient (Wildman–Crippen LogP) is 2.23. The summed E-state index contributed by atoms with van der Waals surface area (Å²) in [5, 5.41) is 0.375. The summed E-state index contributed by atoms with van der Waals surface area (Å²) >= 11 is 5.98. The first-order valence-corrected chi connectivity index (χ1v) is 5.80. The van der Waals surface area contributed by atoms with Gasteiger partial charge in [0.2, 0.25) is 0 Å². The minimum atomic E-state index is 0.375. The molecule has 1 aliphatic rings. The van der Waals surface area contributed by atoms with Gasteiger partial charge in [-0.05, 0) is 11.8 Å². The summed E-state index contributed by atoms with van der Waals surface area (Å²) in [6, 6.07) is 0. The Bertz CT molecular complexity index is 375. The van der Waals surface area contributed by atoms with Gasteiger partial charge in [0, 0.05) is 13.1 Å². The number of anilines is 1. The van der Waals surface area contributed by atoms with Crippen molar-refractivity contribution in [1.29, 1.82) is 0 Å². The van der Waals surface area contributed by atoms with Crippen LogP contribution in [0.1, 0.15) is 13.8 Å². The van der Waals surface area contributed by atoms with Crippen LogP contribution < -0.4 is 9.64 Å². The molecular weight excluding hydrogens is 226 g/mol. The molecule has 5 heteroatoms. The smallest absolute Gasteiger partial charge is 0.199 e. The molecule has 0 saturated carbocycles. The van der Waals surface area contributed by atoms with E-state index in [1.807, 2.05) is 0 Å². The molecule has 0 radical (unpaired) electrons. The van der Waals surface area contributed by atoms with Gasteiger partial charge in [0.1, 0.15) is 6.33 Å². The summed E-state index contributed by atoms with van der Waals surface area (Å²) in [5.41, 5.74) is 0. The van der Waals surface area contributed by atoms with Crippen molar-refractivity contribution in [2.75, 3.05) is 25.1 Å². The van der Waals surface area contributed by atoms with E-state index >= 15 is 0 Å². The molecule has 0 spiro atoms. The number of hydrogen-bond donors (Lipinski definition) is 0. The third-order valence-electron chi connectivity index (χ3n) is 3.23. The summed E-state index contributed by atoms with van der Waals surface area (Å²) in [4.78, 5) is 10.4. The number of hydrogen-bond acceptors (Lipinski definition) is 4. The van der Waals surface area contributed by atoms with E-state index in [9.17, 15) is 0 Å². The lowest BCUT2D eigenvalue weighted by molar-refractivity contribution is 0.411. The van der Waals surface area contributed by atoms with Gasteiger partial charge in [0.15, 0.2) is 16.7 Å². The van der Waals surface area contributed by atoms with Crippen molar-refractivity contribution in [1.82, 2.24) is 9.97 Å². The molecule has 0 N–H and O–H groups in total. The summed E-state index contributed by atoms with van der Waals surface area (Å²) in [6.07, 6.45) is 1.48. The average molecular weight is 242 g/mol. The van der Waals surface area contributed by atoms with Crippen LogP contribution in [0, 0.1) is 11.8 Å². The minimum Gasteiger partial charge on any atom is -0.490 e. The van der Waals surface area contributed by atoms with Gasteiger partial charge in [0.05, 0.1) is 7.11 Å². The van der Waals surface area contributed by atoms with Gasteiger partial charge in [-0.3, -0.25) is 0 Å². The van der Waals surface area contributed by atoms with E-state index in [1.165, 1.54) is 6.33 Å². The Morgan fingerprint density at radius 1 is 1.31 bits per heavy atom. The first kappa shape index (κ1) is 11.5. The van der Waals surface area contributed by atoms with Crippen LogP contribution in [0.2, 0.25) is 5.15 Å². The van der Waals surface area contributed by atoms with Crippen molar-refractivity contribution in [3.05, 3.63) is 11.5 Å². The van der Waals surface area contributed by atoms with E-state index < -0.39 is 0 Å². The van der Waals surface area contributed by atoms with E-state index in [0.29, 0.717) is 22.7 Å². The second kappa shape index (κ2) is 4.45. The fourth-order valence-electron chi connectivity index (χ4n) is 2.05. The van der Waals surface area contributed by atoms with E-state index in [4.69, 9.17) is 16.3 Å². The maximum Gasteiger partial charge on any atom is 0.199 e. The molecule has 1 aromatic heterocycles. The Morgan fingerprint density at radius 2 is 1.94 bits per heavy atom. The van der Waals surface area contributed by atoms with Crippen LogP contribution in [0.3, 0.4) is 0 Å². The fraction of sp³-hybridized carbons (Fsp3) is 0.636. The van der Waals surface area contributed by atoms with E-state index in [0.717, 1.165) is 18.9 Å². The Balaban J connectivity index is 2.31. The number of rotatable bonds is 2. The van der Waals surface area contributed by atoms with Gasteiger partial charge in [-0.1, -0.05) is 25.4 Å². The largest absolute Gasteiger partial charge is 0.490 e. The summed E-state index contributed by atoms with van der Waals surface area (Å²) in [7, 11) is 1.59. The molecule has 1 fully saturated rings. The molecule has 2 heterocycles. The van der Waals surface area contributed by atoms with Crippen LogP contribution in [-0.4, -0.2) is 30.2 Å². The fourth-order valence-corrected chi connectivity index (χ4v) is 2.25. The quantitative estimate of drug-likeness (QED) is 0.745. The Morgan fingerprint density at radius 3 is 2.50 bits per heavy atom. The first-order valence-electron chi connectivity index (χ1n) is 5.43. The SMILES string of the molecule is COc1c(Cl)ncnc1N1CC(C)C(C)C1. The van der Waals surface area contributed by atoms with E-state index in [-0.39, 0.29) is 0 Å². The van der Waals surface area contributed by atoms with Gasteiger partial charge in [-0.2, -0.15) is 0 Å². The summed E-state index contributed by atoms with van der Waals surface area (Å²) < 4.78 is 5.26. The maximum atomic E-state index is 5.98. The van der Waals surface area contributed by atoms with Crippen LogP contribution in [0.4, 0.5) is 5.82 Å². The number of halogens is 1. The lowest BCUT2D eigenvalue weighted by Gasteiger charge is -2.19. The highest BCUT2D eigenvalue weighted by Crippen LogP contribution is 2.35. The second-order valence-corrected chi connectivity index (χ2v) is 4.74. The minimum absolute atomic E-state index is 0.375. The number of methoxy groups -OCH3 is 1. The van der Waals surface area contributed by atoms with E-state index in [1.54, 1.807) is 7.11 Å². The highest BCUT2D eigenvalue weighted by atomic mass is 35.5. The summed E-state index contributed by atoms with van der Waals surface area (Å²) in [5.74, 6) is 2.71. The second-order valence-electron chi connectivity index (χ2n) is 4.38. The molecule has 0 bridgehead atoms. The van der Waals surface area contributed by atoms with Gasteiger partial charge in [-0.25, -0.2) is 9.97 Å². The monoisotopic (exact) mass is 241 g/mol. The van der Waals surface area contributed by atoms with Gasteiger partial charge in [-0.15, -0.1) is 0 Å². The average Bonchev–Trinajstić information content (AvgIpc) is 2.59. The van der Waals surface area contributed by atoms with Crippen molar-refractivity contribution in [2.45, 2.75) is 13.8 Å². The third kappa shape index (κ3) is 1.94. The lowest BCUT2D eigenvalue weighted by Crippen LogP contribution is -2.21. The molecular formula is C11H16ClN3O. The van der Waals surface area contributed by atoms with Crippen molar-refractivity contribution in [3.63, 3.8) is 0 Å². The molecule has 4 nitrogen and oxygen atoms in total. The molecule has 2 atom stereocenters. The van der Waals surface area contributed by atoms with Crippen LogP contribution in [0.15, 0.2) is 6.33 Å². The molecule has 2 unspecified atom stereocenters. The lowest BCUT2D eigenvalue weighted by atomic mass is 10.0. The molecule has 1 saturated heterocycles. The van der Waals surface area contributed by atoms with Gasteiger partial charge in [0.25, 0.3) is 0 Å². The molecule has 0 aromatic carbocycles. The molecule has 1 aromatic rings. The molecule has 0 amide bonds. The standard InChI is InChI=1S/C11H16ClN3O/c1-7-4-15(5-8(7)2)11-9(16-3)10(12)13-6-14-11/h6-8H,4-5H2,1-3H3. The summed E-state index contributed by atoms with van der Waals surface area (Å²) in [6.45, 7) is 6.48. The predicted molar refractivity (Wildman–Crippen MR) is 64.1 cm³/mol. The maximum absolute atomic E-state index is 5.98. The third-order valence-corrected chi connectivity index (χ3v) is 3.50. The van der Waals surface area contributed by atoms with Gasteiger partial charge < -0.3 is 9.64 Å². The molecule has 0 aliphatic carbocycles. The number of ether oxygens (including phenoxy) is 1. The van der Waals surface area contributed by atoms with Crippen molar-refractivity contribution < 1.29 is 4.74 Å². The van der Waals surface area contributed by atoms with Gasteiger partial charge >= 0.3 is 0 Å². The highest BCUT2D eigenvalue weighted by molar-refractivity contribution is 6.31. The number of aromatic nitrogens is 2. The zero-order valence-corrected chi connectivity index (χ0v) is 10.5. The van der Waals surface area contributed by atoms with Crippen molar-refractivity contribution >= 4 is 17.4 Å². The zero-order chi connectivity index (χ0) is 11.7. The van der Waals surface area contributed by atoms with Crippen LogP contribution in [0.25, 0.3) is 0 Å². The highest BCUT2D eigenvalue weighted by Gasteiger charge is 2.29. The molecule has 1 aliphatic heterocycles. The van der Waals surface area contributed by atoms with Crippen molar-refractivity contribution in [3.8, 4) is 5.75 Å². The van der Waals surface area contributed by atoms with Crippen LogP contribution in [0.5, 0.6) is 5.75 Å². The Kier molecular flexibility index (Phi) is 3.19.